The predicted octanol–water partition coefficient (Wildman–Crippen LogP) is 3.58. The van der Waals surface area contributed by atoms with Gasteiger partial charge in [-0.3, -0.25) is 10.1 Å². The Morgan fingerprint density at radius 2 is 1.94 bits per heavy atom. The number of rotatable bonds is 4. The van der Waals surface area contributed by atoms with Crippen molar-refractivity contribution in [2.24, 2.45) is 5.92 Å². The molecular formula is C14H17NO2. The molecule has 1 aromatic rings. The molecule has 1 aliphatic rings. The number of nitro groups is 1. The maximum absolute atomic E-state index is 11.0. The first-order chi connectivity index (χ1) is 8.25. The minimum Gasteiger partial charge on any atom is -0.259 e. The maximum atomic E-state index is 11.0. The van der Waals surface area contributed by atoms with E-state index in [2.05, 4.69) is 0 Å². The Bertz CT molecular complexity index is 405. The summed E-state index contributed by atoms with van der Waals surface area (Å²) in [5, 5.41) is 11.0. The van der Waals surface area contributed by atoms with E-state index in [-0.39, 0.29) is 4.92 Å². The molecule has 0 aromatic heterocycles. The molecule has 0 aliphatic heterocycles. The van der Waals surface area contributed by atoms with Crippen molar-refractivity contribution in [2.75, 3.05) is 0 Å². The standard InChI is InChI=1S/C14H17NO2/c16-15(17)14(11-13-8-4-5-9-13)10-12-6-2-1-3-7-12/h1-3,6-7,11,13H,4-5,8-10H2. The first kappa shape index (κ1) is 11.8. The van der Waals surface area contributed by atoms with Gasteiger partial charge in [0.25, 0.3) is 0 Å². The van der Waals surface area contributed by atoms with E-state index in [1.54, 1.807) is 0 Å². The summed E-state index contributed by atoms with van der Waals surface area (Å²) in [4.78, 5) is 10.8. The lowest BCUT2D eigenvalue weighted by Gasteiger charge is -2.03. The van der Waals surface area contributed by atoms with Gasteiger partial charge in [0.1, 0.15) is 0 Å². The number of allylic oxidation sites excluding steroid dienone is 2. The van der Waals surface area contributed by atoms with Crippen molar-refractivity contribution in [3.05, 3.63) is 57.8 Å². The van der Waals surface area contributed by atoms with Gasteiger partial charge in [0.15, 0.2) is 0 Å². The average molecular weight is 231 g/mol. The summed E-state index contributed by atoms with van der Waals surface area (Å²) in [6.07, 6.45) is 6.93. The highest BCUT2D eigenvalue weighted by molar-refractivity contribution is 5.19. The fourth-order valence-electron chi connectivity index (χ4n) is 2.39. The Balaban J connectivity index is 2.09. The van der Waals surface area contributed by atoms with E-state index >= 15 is 0 Å². The molecule has 0 spiro atoms. The molecule has 0 radical (unpaired) electrons. The molecule has 2 rings (SSSR count). The van der Waals surface area contributed by atoms with Gasteiger partial charge in [-0.1, -0.05) is 43.2 Å². The molecule has 90 valence electrons. The molecule has 0 heterocycles. The largest absolute Gasteiger partial charge is 0.259 e. The minimum absolute atomic E-state index is 0.231. The second-order valence-electron chi connectivity index (χ2n) is 4.62. The monoisotopic (exact) mass is 231 g/mol. The second-order valence-corrected chi connectivity index (χ2v) is 4.62. The van der Waals surface area contributed by atoms with Gasteiger partial charge in [0.05, 0.1) is 11.3 Å². The van der Waals surface area contributed by atoms with Gasteiger partial charge in [-0.2, -0.15) is 0 Å². The SMILES string of the molecule is O=[N+]([O-])C(=CC1CCCC1)Cc1ccccc1. The van der Waals surface area contributed by atoms with Crippen molar-refractivity contribution in [3.8, 4) is 0 Å². The minimum atomic E-state index is -0.231. The first-order valence-electron chi connectivity index (χ1n) is 6.15. The molecule has 17 heavy (non-hydrogen) atoms. The van der Waals surface area contributed by atoms with E-state index in [1.807, 2.05) is 36.4 Å². The molecule has 0 atom stereocenters. The van der Waals surface area contributed by atoms with Crippen LogP contribution < -0.4 is 0 Å². The van der Waals surface area contributed by atoms with Crippen LogP contribution in [0, 0.1) is 16.0 Å². The summed E-state index contributed by atoms with van der Waals surface area (Å²) in [6, 6.07) is 9.64. The third kappa shape index (κ3) is 3.41. The third-order valence-electron chi connectivity index (χ3n) is 3.29. The lowest BCUT2D eigenvalue weighted by molar-refractivity contribution is -0.427. The van der Waals surface area contributed by atoms with Crippen LogP contribution in [0.1, 0.15) is 31.2 Å². The van der Waals surface area contributed by atoms with Crippen LogP contribution in [0.2, 0.25) is 0 Å². The van der Waals surface area contributed by atoms with Crippen LogP contribution in [0.5, 0.6) is 0 Å². The summed E-state index contributed by atoms with van der Waals surface area (Å²) >= 11 is 0. The molecule has 1 fully saturated rings. The topological polar surface area (TPSA) is 43.1 Å². The zero-order chi connectivity index (χ0) is 12.1. The number of hydrogen-bond acceptors (Lipinski definition) is 2. The molecule has 0 N–H and O–H groups in total. The molecular weight excluding hydrogens is 214 g/mol. The van der Waals surface area contributed by atoms with Gasteiger partial charge in [-0.15, -0.1) is 0 Å². The highest BCUT2D eigenvalue weighted by Crippen LogP contribution is 2.27. The van der Waals surface area contributed by atoms with Gasteiger partial charge in [0, 0.05) is 0 Å². The van der Waals surface area contributed by atoms with E-state index in [9.17, 15) is 10.1 Å². The van der Waals surface area contributed by atoms with E-state index in [0.29, 0.717) is 18.0 Å². The fraction of sp³-hybridized carbons (Fsp3) is 0.429. The molecule has 0 bridgehead atoms. The second kappa shape index (κ2) is 5.62. The normalized spacial score (nSPS) is 17.3. The summed E-state index contributed by atoms with van der Waals surface area (Å²) in [7, 11) is 0. The zero-order valence-electron chi connectivity index (χ0n) is 9.84. The van der Waals surface area contributed by atoms with E-state index in [0.717, 1.165) is 18.4 Å². The van der Waals surface area contributed by atoms with Crippen LogP contribution in [0.4, 0.5) is 0 Å². The molecule has 1 aliphatic carbocycles. The van der Waals surface area contributed by atoms with Crippen molar-refractivity contribution in [1.82, 2.24) is 0 Å². The number of benzene rings is 1. The van der Waals surface area contributed by atoms with Crippen molar-refractivity contribution in [1.29, 1.82) is 0 Å². The third-order valence-corrected chi connectivity index (χ3v) is 3.29. The van der Waals surface area contributed by atoms with Crippen LogP contribution >= 0.6 is 0 Å². The van der Waals surface area contributed by atoms with Crippen LogP contribution in [0.25, 0.3) is 0 Å². The molecule has 0 saturated heterocycles. The first-order valence-corrected chi connectivity index (χ1v) is 6.15. The Labute approximate surface area is 101 Å². The van der Waals surface area contributed by atoms with Crippen LogP contribution in [-0.2, 0) is 6.42 Å². The highest BCUT2D eigenvalue weighted by Gasteiger charge is 2.18. The van der Waals surface area contributed by atoms with Crippen LogP contribution in [-0.4, -0.2) is 4.92 Å². The molecule has 0 amide bonds. The number of nitrogens with zero attached hydrogens (tertiary/aromatic N) is 1. The summed E-state index contributed by atoms with van der Waals surface area (Å²) < 4.78 is 0. The lowest BCUT2D eigenvalue weighted by atomic mass is 10.0. The van der Waals surface area contributed by atoms with Gasteiger partial charge in [0.2, 0.25) is 5.70 Å². The molecule has 0 unspecified atom stereocenters. The Morgan fingerprint density at radius 1 is 1.29 bits per heavy atom. The quantitative estimate of drug-likeness (QED) is 0.587. The molecule has 1 saturated carbocycles. The highest BCUT2D eigenvalue weighted by atomic mass is 16.6. The van der Waals surface area contributed by atoms with Crippen molar-refractivity contribution < 1.29 is 4.92 Å². The van der Waals surface area contributed by atoms with Crippen molar-refractivity contribution >= 4 is 0 Å². The van der Waals surface area contributed by atoms with Gasteiger partial charge >= 0.3 is 0 Å². The Kier molecular flexibility index (Phi) is 3.91. The fourth-order valence-corrected chi connectivity index (χ4v) is 2.39. The van der Waals surface area contributed by atoms with E-state index < -0.39 is 0 Å². The van der Waals surface area contributed by atoms with Crippen molar-refractivity contribution in [3.63, 3.8) is 0 Å². The summed E-state index contributed by atoms with van der Waals surface area (Å²) in [5.74, 6) is 0.416. The summed E-state index contributed by atoms with van der Waals surface area (Å²) in [5.41, 5.74) is 1.36. The van der Waals surface area contributed by atoms with Crippen molar-refractivity contribution in [2.45, 2.75) is 32.1 Å². The Hall–Kier alpha value is -1.64. The van der Waals surface area contributed by atoms with Crippen LogP contribution in [0.3, 0.4) is 0 Å². The predicted molar refractivity (Wildman–Crippen MR) is 67.2 cm³/mol. The summed E-state index contributed by atoms with van der Waals surface area (Å²) in [6.45, 7) is 0. The number of hydrogen-bond donors (Lipinski definition) is 0. The molecule has 1 aromatic carbocycles. The van der Waals surface area contributed by atoms with E-state index in [4.69, 9.17) is 0 Å². The smallest absolute Gasteiger partial charge is 0.246 e. The van der Waals surface area contributed by atoms with Crippen LogP contribution in [0.15, 0.2) is 42.1 Å². The van der Waals surface area contributed by atoms with Gasteiger partial charge in [-0.05, 0) is 30.4 Å². The van der Waals surface area contributed by atoms with E-state index in [1.165, 1.54) is 12.8 Å². The maximum Gasteiger partial charge on any atom is 0.246 e. The van der Waals surface area contributed by atoms with Gasteiger partial charge < -0.3 is 0 Å². The van der Waals surface area contributed by atoms with Gasteiger partial charge in [-0.25, -0.2) is 0 Å². The Morgan fingerprint density at radius 3 is 2.53 bits per heavy atom. The molecule has 3 nitrogen and oxygen atoms in total. The average Bonchev–Trinajstić information content (AvgIpc) is 2.82. The lowest BCUT2D eigenvalue weighted by Crippen LogP contribution is -2.05. The molecule has 3 heteroatoms. The zero-order valence-corrected chi connectivity index (χ0v) is 9.84.